The standard InChI is InChI=1S/C12H14FN3S/c1-8-16-7-10(17-8)6-15-5-9-3-2-4-11(13)12(9)14/h2-4,7,15H,5-6,14H2,1H3. The summed E-state index contributed by atoms with van der Waals surface area (Å²) in [5.74, 6) is -0.363. The number of halogens is 1. The van der Waals surface area contributed by atoms with Gasteiger partial charge in [-0.3, -0.25) is 0 Å². The van der Waals surface area contributed by atoms with E-state index in [1.54, 1.807) is 17.4 Å². The van der Waals surface area contributed by atoms with Crippen molar-refractivity contribution >= 4 is 17.0 Å². The monoisotopic (exact) mass is 251 g/mol. The van der Waals surface area contributed by atoms with Crippen molar-refractivity contribution in [3.63, 3.8) is 0 Å². The summed E-state index contributed by atoms with van der Waals surface area (Å²) in [4.78, 5) is 5.33. The molecular weight excluding hydrogens is 237 g/mol. The van der Waals surface area contributed by atoms with Crippen molar-refractivity contribution in [3.05, 3.63) is 45.7 Å². The molecular formula is C12H14FN3S. The van der Waals surface area contributed by atoms with Gasteiger partial charge < -0.3 is 11.1 Å². The minimum atomic E-state index is -0.363. The summed E-state index contributed by atoms with van der Waals surface area (Å²) in [7, 11) is 0. The molecule has 90 valence electrons. The maximum atomic E-state index is 13.2. The quantitative estimate of drug-likeness (QED) is 0.821. The molecule has 0 bridgehead atoms. The Morgan fingerprint density at radius 1 is 1.41 bits per heavy atom. The van der Waals surface area contributed by atoms with E-state index in [-0.39, 0.29) is 11.5 Å². The molecule has 0 saturated heterocycles. The van der Waals surface area contributed by atoms with Crippen LogP contribution in [-0.2, 0) is 13.1 Å². The first-order valence-electron chi connectivity index (χ1n) is 5.31. The number of hydrogen-bond acceptors (Lipinski definition) is 4. The Bertz CT molecular complexity index is 510. The van der Waals surface area contributed by atoms with E-state index >= 15 is 0 Å². The molecule has 17 heavy (non-hydrogen) atoms. The van der Waals surface area contributed by atoms with Gasteiger partial charge in [-0.1, -0.05) is 12.1 Å². The smallest absolute Gasteiger partial charge is 0.146 e. The highest BCUT2D eigenvalue weighted by atomic mass is 32.1. The molecule has 3 N–H and O–H groups in total. The Kier molecular flexibility index (Phi) is 3.71. The molecule has 0 unspecified atom stereocenters. The first kappa shape index (κ1) is 12.0. The van der Waals surface area contributed by atoms with Gasteiger partial charge in [-0.15, -0.1) is 11.3 Å². The molecule has 1 heterocycles. The number of benzene rings is 1. The molecule has 2 rings (SSSR count). The molecule has 0 spiro atoms. The fraction of sp³-hybridized carbons (Fsp3) is 0.250. The molecule has 0 atom stereocenters. The van der Waals surface area contributed by atoms with Crippen LogP contribution in [0.25, 0.3) is 0 Å². The molecule has 1 aromatic carbocycles. The number of anilines is 1. The molecule has 0 saturated carbocycles. The van der Waals surface area contributed by atoms with Crippen LogP contribution >= 0.6 is 11.3 Å². The number of para-hydroxylation sites is 1. The lowest BCUT2D eigenvalue weighted by molar-refractivity contribution is 0.626. The number of aryl methyl sites for hydroxylation is 1. The molecule has 0 radical (unpaired) electrons. The maximum absolute atomic E-state index is 13.2. The first-order chi connectivity index (χ1) is 8.16. The largest absolute Gasteiger partial charge is 0.396 e. The lowest BCUT2D eigenvalue weighted by atomic mass is 10.2. The van der Waals surface area contributed by atoms with Crippen LogP contribution in [0.5, 0.6) is 0 Å². The number of aromatic nitrogens is 1. The molecule has 5 heteroatoms. The zero-order valence-corrected chi connectivity index (χ0v) is 10.4. The van der Waals surface area contributed by atoms with Crippen LogP contribution in [0.3, 0.4) is 0 Å². The van der Waals surface area contributed by atoms with E-state index in [0.717, 1.165) is 22.0 Å². The summed E-state index contributed by atoms with van der Waals surface area (Å²) in [5, 5.41) is 4.27. The molecule has 0 aliphatic rings. The van der Waals surface area contributed by atoms with E-state index in [2.05, 4.69) is 10.3 Å². The van der Waals surface area contributed by atoms with Crippen molar-refractivity contribution in [3.8, 4) is 0 Å². The average molecular weight is 251 g/mol. The molecule has 1 aromatic heterocycles. The minimum absolute atomic E-state index is 0.223. The molecule has 0 aliphatic carbocycles. The van der Waals surface area contributed by atoms with Crippen molar-refractivity contribution in [2.75, 3.05) is 5.73 Å². The van der Waals surface area contributed by atoms with Gasteiger partial charge in [0.1, 0.15) is 5.82 Å². The van der Waals surface area contributed by atoms with Gasteiger partial charge in [-0.2, -0.15) is 0 Å². The van der Waals surface area contributed by atoms with Crippen molar-refractivity contribution in [2.45, 2.75) is 20.0 Å². The normalized spacial score (nSPS) is 10.7. The zero-order valence-electron chi connectivity index (χ0n) is 9.53. The number of thiazole rings is 1. The van der Waals surface area contributed by atoms with Gasteiger partial charge in [0.15, 0.2) is 0 Å². The van der Waals surface area contributed by atoms with Crippen LogP contribution < -0.4 is 11.1 Å². The number of nitrogens with two attached hydrogens (primary N) is 1. The summed E-state index contributed by atoms with van der Waals surface area (Å²) in [5.41, 5.74) is 6.65. The van der Waals surface area contributed by atoms with E-state index < -0.39 is 0 Å². The zero-order chi connectivity index (χ0) is 12.3. The van der Waals surface area contributed by atoms with Crippen LogP contribution in [0.2, 0.25) is 0 Å². The number of nitrogens with one attached hydrogen (secondary N) is 1. The van der Waals surface area contributed by atoms with Gasteiger partial charge in [-0.25, -0.2) is 9.37 Å². The lowest BCUT2D eigenvalue weighted by Crippen LogP contribution is -2.13. The van der Waals surface area contributed by atoms with Crippen LogP contribution in [-0.4, -0.2) is 4.98 Å². The van der Waals surface area contributed by atoms with Gasteiger partial charge in [0.05, 0.1) is 10.7 Å². The van der Waals surface area contributed by atoms with E-state index in [4.69, 9.17) is 5.73 Å². The number of hydrogen-bond donors (Lipinski definition) is 2. The number of nitrogen functional groups attached to an aromatic ring is 1. The van der Waals surface area contributed by atoms with Crippen molar-refractivity contribution in [1.29, 1.82) is 0 Å². The predicted octanol–water partition coefficient (Wildman–Crippen LogP) is 2.46. The third kappa shape index (κ3) is 3.01. The van der Waals surface area contributed by atoms with Crippen LogP contribution in [0.15, 0.2) is 24.4 Å². The van der Waals surface area contributed by atoms with E-state index in [0.29, 0.717) is 6.54 Å². The van der Waals surface area contributed by atoms with E-state index in [1.807, 2.05) is 19.2 Å². The Morgan fingerprint density at radius 2 is 2.24 bits per heavy atom. The summed E-state index contributed by atoms with van der Waals surface area (Å²) in [6.45, 7) is 3.25. The second-order valence-electron chi connectivity index (χ2n) is 3.76. The maximum Gasteiger partial charge on any atom is 0.146 e. The summed E-state index contributed by atoms with van der Waals surface area (Å²) in [6.07, 6.45) is 1.85. The average Bonchev–Trinajstić information content (AvgIpc) is 2.70. The van der Waals surface area contributed by atoms with Crippen LogP contribution in [0, 0.1) is 12.7 Å². The van der Waals surface area contributed by atoms with Crippen molar-refractivity contribution < 1.29 is 4.39 Å². The van der Waals surface area contributed by atoms with Gasteiger partial charge in [-0.05, 0) is 18.6 Å². The number of rotatable bonds is 4. The van der Waals surface area contributed by atoms with Crippen LogP contribution in [0.1, 0.15) is 15.4 Å². The van der Waals surface area contributed by atoms with E-state index in [9.17, 15) is 4.39 Å². The molecule has 3 nitrogen and oxygen atoms in total. The number of nitrogens with zero attached hydrogens (tertiary/aromatic N) is 1. The van der Waals surface area contributed by atoms with Crippen LogP contribution in [0.4, 0.5) is 10.1 Å². The first-order valence-corrected chi connectivity index (χ1v) is 6.13. The third-order valence-corrected chi connectivity index (χ3v) is 3.34. The summed E-state index contributed by atoms with van der Waals surface area (Å²) >= 11 is 1.65. The van der Waals surface area contributed by atoms with Crippen molar-refractivity contribution in [2.24, 2.45) is 0 Å². The molecule has 0 aliphatic heterocycles. The highest BCUT2D eigenvalue weighted by Gasteiger charge is 2.04. The molecule has 2 aromatic rings. The Balaban J connectivity index is 1.92. The van der Waals surface area contributed by atoms with Gasteiger partial charge >= 0.3 is 0 Å². The molecule has 0 fully saturated rings. The molecule has 0 amide bonds. The van der Waals surface area contributed by atoms with Gasteiger partial charge in [0.2, 0.25) is 0 Å². The SMILES string of the molecule is Cc1ncc(CNCc2cccc(F)c2N)s1. The lowest BCUT2D eigenvalue weighted by Gasteiger charge is -2.07. The highest BCUT2D eigenvalue weighted by molar-refractivity contribution is 7.11. The summed E-state index contributed by atoms with van der Waals surface area (Å²) < 4.78 is 13.2. The van der Waals surface area contributed by atoms with Gasteiger partial charge in [0.25, 0.3) is 0 Å². The second kappa shape index (κ2) is 5.25. The van der Waals surface area contributed by atoms with Crippen molar-refractivity contribution in [1.82, 2.24) is 10.3 Å². The predicted molar refractivity (Wildman–Crippen MR) is 68.2 cm³/mol. The van der Waals surface area contributed by atoms with Gasteiger partial charge in [0, 0.05) is 24.2 Å². The highest BCUT2D eigenvalue weighted by Crippen LogP contribution is 2.16. The van der Waals surface area contributed by atoms with E-state index in [1.165, 1.54) is 6.07 Å². The fourth-order valence-corrected chi connectivity index (χ4v) is 2.31. The Labute approximate surface area is 103 Å². The Morgan fingerprint density at radius 3 is 2.94 bits per heavy atom. The minimum Gasteiger partial charge on any atom is -0.396 e. The topological polar surface area (TPSA) is 50.9 Å². The summed E-state index contributed by atoms with van der Waals surface area (Å²) in [6, 6.07) is 4.86. The third-order valence-electron chi connectivity index (χ3n) is 2.43. The Hall–Kier alpha value is -1.46. The second-order valence-corrected chi connectivity index (χ2v) is 5.08. The fourth-order valence-electron chi connectivity index (χ4n) is 1.54.